The number of sulfonamides is 1. The lowest BCUT2D eigenvalue weighted by Crippen LogP contribution is -2.13. The van der Waals surface area contributed by atoms with E-state index in [9.17, 15) is 8.42 Å². The van der Waals surface area contributed by atoms with Gasteiger partial charge in [-0.3, -0.25) is 4.72 Å². The zero-order valence-corrected chi connectivity index (χ0v) is 13.7. The minimum Gasteiger partial charge on any atom is -0.280 e. The maximum atomic E-state index is 12.4. The number of aromatic nitrogens is 2. The molecule has 1 heterocycles. The van der Waals surface area contributed by atoms with Crippen LogP contribution in [0.3, 0.4) is 0 Å². The Hall–Kier alpha value is -1.26. The molecule has 0 saturated heterocycles. The zero-order valence-electron chi connectivity index (χ0n) is 9.95. The van der Waals surface area contributed by atoms with Crippen molar-refractivity contribution < 1.29 is 8.42 Å². The molecule has 1 N–H and O–H groups in total. The summed E-state index contributed by atoms with van der Waals surface area (Å²) in [5.41, 5.74) is 1.50. The molecule has 0 aliphatic rings. The van der Waals surface area contributed by atoms with E-state index >= 15 is 0 Å². The maximum Gasteiger partial charge on any atom is 0.264 e. The van der Waals surface area contributed by atoms with E-state index in [0.717, 1.165) is 15.3 Å². The summed E-state index contributed by atoms with van der Waals surface area (Å²) in [6.45, 7) is 0. The zero-order chi connectivity index (χ0) is 14.2. The standard InChI is InChI=1S/C12H8IN3O2S2/c13-8-4-6-9(7-5-8)16-20(17,18)11-3-1-2-10-12(11)15-19-14-10/h1-7,16H. The van der Waals surface area contributed by atoms with Crippen molar-refractivity contribution in [3.05, 3.63) is 46.0 Å². The summed E-state index contributed by atoms with van der Waals surface area (Å²) in [6.07, 6.45) is 0. The summed E-state index contributed by atoms with van der Waals surface area (Å²) in [4.78, 5) is 0.141. The van der Waals surface area contributed by atoms with Crippen LogP contribution in [0.15, 0.2) is 47.4 Å². The second kappa shape index (κ2) is 5.26. The quantitative estimate of drug-likeness (QED) is 0.665. The van der Waals surface area contributed by atoms with Crippen molar-refractivity contribution in [1.29, 1.82) is 0 Å². The molecule has 3 aromatic rings. The number of hydrogen-bond acceptors (Lipinski definition) is 5. The molecule has 8 heteroatoms. The molecule has 0 atom stereocenters. The number of rotatable bonds is 3. The maximum absolute atomic E-state index is 12.4. The van der Waals surface area contributed by atoms with Crippen LogP contribution in [0, 0.1) is 3.57 Å². The summed E-state index contributed by atoms with van der Waals surface area (Å²) in [7, 11) is -3.67. The Bertz CT molecular complexity index is 860. The van der Waals surface area contributed by atoms with Crippen molar-refractivity contribution in [1.82, 2.24) is 8.75 Å². The second-order valence-corrected chi connectivity index (χ2v) is 7.43. The van der Waals surface area contributed by atoms with E-state index in [1.54, 1.807) is 24.3 Å². The van der Waals surface area contributed by atoms with Crippen LogP contribution in [0.5, 0.6) is 0 Å². The Balaban J connectivity index is 2.03. The van der Waals surface area contributed by atoms with Crippen molar-refractivity contribution in [2.75, 3.05) is 4.72 Å². The Morgan fingerprint density at radius 1 is 1.05 bits per heavy atom. The molecule has 0 radical (unpaired) electrons. The van der Waals surface area contributed by atoms with Gasteiger partial charge in [-0.15, -0.1) is 0 Å². The molecule has 102 valence electrons. The van der Waals surface area contributed by atoms with Crippen molar-refractivity contribution in [3.63, 3.8) is 0 Å². The van der Waals surface area contributed by atoms with E-state index in [0.29, 0.717) is 16.7 Å². The van der Waals surface area contributed by atoms with Crippen molar-refractivity contribution in [3.8, 4) is 0 Å². The predicted molar refractivity (Wildman–Crippen MR) is 87.4 cm³/mol. The first-order valence-corrected chi connectivity index (χ1v) is 8.85. The van der Waals surface area contributed by atoms with E-state index in [1.165, 1.54) is 6.07 Å². The van der Waals surface area contributed by atoms with Crippen LogP contribution in [0.1, 0.15) is 0 Å². The Kier molecular flexibility index (Phi) is 3.61. The molecule has 5 nitrogen and oxygen atoms in total. The van der Waals surface area contributed by atoms with Gasteiger partial charge in [0.25, 0.3) is 10.0 Å². The van der Waals surface area contributed by atoms with E-state index < -0.39 is 10.0 Å². The molecule has 0 fully saturated rings. The number of anilines is 1. The lowest BCUT2D eigenvalue weighted by atomic mass is 10.3. The molecule has 0 aliphatic heterocycles. The smallest absolute Gasteiger partial charge is 0.264 e. The summed E-state index contributed by atoms with van der Waals surface area (Å²) >= 11 is 3.16. The fourth-order valence-electron chi connectivity index (χ4n) is 1.73. The summed E-state index contributed by atoms with van der Waals surface area (Å²) < 4.78 is 36.5. The lowest BCUT2D eigenvalue weighted by Gasteiger charge is -2.08. The first-order valence-electron chi connectivity index (χ1n) is 5.56. The average Bonchev–Trinajstić information content (AvgIpc) is 2.89. The molecule has 3 rings (SSSR count). The van der Waals surface area contributed by atoms with Gasteiger partial charge in [-0.2, -0.15) is 8.75 Å². The largest absolute Gasteiger partial charge is 0.280 e. The molecule has 1 aromatic heterocycles. The molecule has 0 aliphatic carbocycles. The number of fused-ring (bicyclic) bond motifs is 1. The van der Waals surface area contributed by atoms with Crippen molar-refractivity contribution >= 4 is 61.1 Å². The normalized spacial score (nSPS) is 11.7. The van der Waals surface area contributed by atoms with Crippen LogP contribution in [0.25, 0.3) is 11.0 Å². The highest BCUT2D eigenvalue weighted by atomic mass is 127. The van der Waals surface area contributed by atoms with E-state index in [-0.39, 0.29) is 4.90 Å². The molecular weight excluding hydrogens is 409 g/mol. The highest BCUT2D eigenvalue weighted by molar-refractivity contribution is 14.1. The topological polar surface area (TPSA) is 72.0 Å². The third-order valence-electron chi connectivity index (χ3n) is 2.63. The first-order chi connectivity index (χ1) is 9.56. The number of nitrogens with zero attached hydrogens (tertiary/aromatic N) is 2. The van der Waals surface area contributed by atoms with Gasteiger partial charge in [0.2, 0.25) is 0 Å². The number of benzene rings is 2. The number of hydrogen-bond donors (Lipinski definition) is 1. The Morgan fingerprint density at radius 2 is 1.80 bits per heavy atom. The van der Waals surface area contributed by atoms with Crippen LogP contribution in [0.2, 0.25) is 0 Å². The highest BCUT2D eigenvalue weighted by Gasteiger charge is 2.19. The fourth-order valence-corrected chi connectivity index (χ4v) is 3.91. The van der Waals surface area contributed by atoms with E-state index in [1.807, 2.05) is 12.1 Å². The van der Waals surface area contributed by atoms with Gasteiger partial charge in [-0.25, -0.2) is 8.42 Å². The van der Waals surface area contributed by atoms with Gasteiger partial charge in [0.1, 0.15) is 15.9 Å². The molecule has 2 aromatic carbocycles. The van der Waals surface area contributed by atoms with Crippen molar-refractivity contribution in [2.45, 2.75) is 4.90 Å². The Morgan fingerprint density at radius 3 is 2.55 bits per heavy atom. The van der Waals surface area contributed by atoms with E-state index in [4.69, 9.17) is 0 Å². The third kappa shape index (κ3) is 2.63. The molecule has 0 bridgehead atoms. The SMILES string of the molecule is O=S(=O)(Nc1ccc(I)cc1)c1cccc2nsnc12. The number of nitrogens with one attached hydrogen (secondary N) is 1. The van der Waals surface area contributed by atoms with Gasteiger partial charge < -0.3 is 0 Å². The van der Waals surface area contributed by atoms with Crippen LogP contribution in [0.4, 0.5) is 5.69 Å². The lowest BCUT2D eigenvalue weighted by molar-refractivity contribution is 0.602. The van der Waals surface area contributed by atoms with Gasteiger partial charge in [0, 0.05) is 9.26 Å². The van der Waals surface area contributed by atoms with Crippen molar-refractivity contribution in [2.24, 2.45) is 0 Å². The highest BCUT2D eigenvalue weighted by Crippen LogP contribution is 2.23. The average molecular weight is 417 g/mol. The molecule has 0 spiro atoms. The molecule has 20 heavy (non-hydrogen) atoms. The van der Waals surface area contributed by atoms with Gasteiger partial charge >= 0.3 is 0 Å². The predicted octanol–water partition coefficient (Wildman–Crippen LogP) is 3.10. The third-order valence-corrected chi connectivity index (χ3v) is 5.31. The van der Waals surface area contributed by atoms with Gasteiger partial charge in [0.05, 0.1) is 11.7 Å². The fraction of sp³-hybridized carbons (Fsp3) is 0. The van der Waals surface area contributed by atoms with Gasteiger partial charge in [-0.1, -0.05) is 6.07 Å². The second-order valence-electron chi connectivity index (χ2n) is 4.00. The molecule has 0 saturated carbocycles. The number of halogens is 1. The van der Waals surface area contributed by atoms with Crippen LogP contribution >= 0.6 is 34.3 Å². The van der Waals surface area contributed by atoms with Gasteiger partial charge in [0.15, 0.2) is 0 Å². The first kappa shape index (κ1) is 13.7. The van der Waals surface area contributed by atoms with E-state index in [2.05, 4.69) is 36.1 Å². The summed E-state index contributed by atoms with van der Waals surface area (Å²) in [5.74, 6) is 0. The van der Waals surface area contributed by atoms with Gasteiger partial charge in [-0.05, 0) is 59.0 Å². The molecule has 0 unspecified atom stereocenters. The minimum atomic E-state index is -3.67. The summed E-state index contributed by atoms with van der Waals surface area (Å²) in [6, 6.07) is 12.0. The minimum absolute atomic E-state index is 0.141. The van der Waals surface area contributed by atoms with Crippen LogP contribution in [-0.4, -0.2) is 17.2 Å². The summed E-state index contributed by atoms with van der Waals surface area (Å²) in [5, 5.41) is 0. The molecule has 0 amide bonds. The monoisotopic (exact) mass is 417 g/mol. The molecular formula is C12H8IN3O2S2. The Labute approximate surface area is 133 Å². The van der Waals surface area contributed by atoms with Crippen LogP contribution in [-0.2, 0) is 10.0 Å². The van der Waals surface area contributed by atoms with Crippen LogP contribution < -0.4 is 4.72 Å².